The Morgan fingerprint density at radius 1 is 1.34 bits per heavy atom. The number of rotatable bonds is 8. The van der Waals surface area contributed by atoms with E-state index in [1.54, 1.807) is 23.2 Å². The fourth-order valence-corrected chi connectivity index (χ4v) is 4.00. The van der Waals surface area contributed by atoms with Crippen LogP contribution in [0.2, 0.25) is 0 Å². The molecule has 1 atom stereocenters. The molecule has 180 valence electrons. The molecule has 1 saturated heterocycles. The van der Waals surface area contributed by atoms with E-state index in [4.69, 9.17) is 6.42 Å². The second kappa shape index (κ2) is 10.7. The molecule has 0 saturated carbocycles. The summed E-state index contributed by atoms with van der Waals surface area (Å²) in [5.41, 5.74) is 2.75. The number of anilines is 4. The number of piperidine rings is 1. The summed E-state index contributed by atoms with van der Waals surface area (Å²) in [6, 6.07) is 7.44. The van der Waals surface area contributed by atoms with Crippen LogP contribution in [0.3, 0.4) is 0 Å². The van der Waals surface area contributed by atoms with E-state index in [1.165, 1.54) is 6.08 Å². The number of hydrogen-bond acceptors (Lipinski definition) is 7. The number of nitrogens with zero attached hydrogens (tertiary/aromatic N) is 5. The lowest BCUT2D eigenvalue weighted by molar-refractivity contribution is -0.127. The SMILES string of the molecule is C#CCCC(=O)N(C)c1ccc(Nc2nc(NC3CCCN(C(=O)C=C)C3)c3nc[nH]c3n2)cc1. The molecule has 35 heavy (non-hydrogen) atoms. The number of H-pyrrole nitrogens is 1. The van der Waals surface area contributed by atoms with Crippen LogP contribution < -0.4 is 15.5 Å². The summed E-state index contributed by atoms with van der Waals surface area (Å²) in [5.74, 6) is 3.36. The molecule has 2 aromatic heterocycles. The van der Waals surface area contributed by atoms with Crippen molar-refractivity contribution in [3.8, 4) is 12.3 Å². The van der Waals surface area contributed by atoms with Gasteiger partial charge in [-0.25, -0.2) is 4.98 Å². The quantitative estimate of drug-likeness (QED) is 0.340. The number of nitrogens with one attached hydrogen (secondary N) is 3. The molecule has 10 nitrogen and oxygen atoms in total. The summed E-state index contributed by atoms with van der Waals surface area (Å²) in [5, 5.41) is 6.65. The Morgan fingerprint density at radius 2 is 2.14 bits per heavy atom. The Morgan fingerprint density at radius 3 is 2.89 bits per heavy atom. The minimum absolute atomic E-state index is 0.0385. The zero-order chi connectivity index (χ0) is 24.8. The van der Waals surface area contributed by atoms with Gasteiger partial charge in [0.2, 0.25) is 17.8 Å². The van der Waals surface area contributed by atoms with Crippen molar-refractivity contribution in [1.82, 2.24) is 24.8 Å². The smallest absolute Gasteiger partial charge is 0.246 e. The number of aromatic amines is 1. The van der Waals surface area contributed by atoms with Gasteiger partial charge < -0.3 is 25.4 Å². The maximum atomic E-state index is 12.2. The molecule has 1 fully saturated rings. The van der Waals surface area contributed by atoms with Gasteiger partial charge >= 0.3 is 0 Å². The van der Waals surface area contributed by atoms with Crippen molar-refractivity contribution in [1.29, 1.82) is 0 Å². The molecule has 2 amide bonds. The van der Waals surface area contributed by atoms with Crippen molar-refractivity contribution < 1.29 is 9.59 Å². The Labute approximate surface area is 203 Å². The molecule has 3 aromatic rings. The number of carbonyl (C=O) groups is 2. The van der Waals surface area contributed by atoms with Gasteiger partial charge in [0.25, 0.3) is 0 Å². The van der Waals surface area contributed by atoms with Crippen LogP contribution in [-0.2, 0) is 9.59 Å². The van der Waals surface area contributed by atoms with Crippen LogP contribution in [0.25, 0.3) is 11.2 Å². The van der Waals surface area contributed by atoms with E-state index in [0.717, 1.165) is 30.8 Å². The molecule has 3 N–H and O–H groups in total. The lowest BCUT2D eigenvalue weighted by Crippen LogP contribution is -2.44. The molecule has 0 bridgehead atoms. The first-order valence-corrected chi connectivity index (χ1v) is 11.4. The molecule has 0 spiro atoms. The maximum absolute atomic E-state index is 12.2. The summed E-state index contributed by atoms with van der Waals surface area (Å²) >= 11 is 0. The topological polar surface area (TPSA) is 119 Å². The molecular formula is C25H28N8O2. The molecule has 1 unspecified atom stereocenters. The third kappa shape index (κ3) is 5.58. The van der Waals surface area contributed by atoms with E-state index in [2.05, 4.69) is 43.1 Å². The highest BCUT2D eigenvalue weighted by Crippen LogP contribution is 2.25. The van der Waals surface area contributed by atoms with Gasteiger partial charge in [0, 0.05) is 50.4 Å². The van der Waals surface area contributed by atoms with Gasteiger partial charge in [-0.2, -0.15) is 9.97 Å². The Kier molecular flexibility index (Phi) is 7.26. The number of hydrogen-bond donors (Lipinski definition) is 3. The number of carbonyl (C=O) groups excluding carboxylic acids is 2. The molecule has 1 aliphatic rings. The van der Waals surface area contributed by atoms with Gasteiger partial charge in [-0.1, -0.05) is 6.58 Å². The lowest BCUT2D eigenvalue weighted by atomic mass is 10.1. The molecule has 4 rings (SSSR count). The zero-order valence-corrected chi connectivity index (χ0v) is 19.6. The van der Waals surface area contributed by atoms with E-state index in [9.17, 15) is 9.59 Å². The van der Waals surface area contributed by atoms with Crippen LogP contribution in [0.1, 0.15) is 25.7 Å². The molecule has 3 heterocycles. The number of aromatic nitrogens is 4. The van der Waals surface area contributed by atoms with E-state index in [0.29, 0.717) is 42.3 Å². The van der Waals surface area contributed by atoms with Crippen LogP contribution in [0.5, 0.6) is 0 Å². The number of amides is 2. The lowest BCUT2D eigenvalue weighted by Gasteiger charge is -2.32. The van der Waals surface area contributed by atoms with Crippen molar-refractivity contribution >= 4 is 46.1 Å². The van der Waals surface area contributed by atoms with Gasteiger partial charge in [0.05, 0.1) is 6.33 Å². The van der Waals surface area contributed by atoms with E-state index in [-0.39, 0.29) is 17.9 Å². The van der Waals surface area contributed by atoms with Crippen molar-refractivity contribution in [3.63, 3.8) is 0 Å². The summed E-state index contributed by atoms with van der Waals surface area (Å²) in [6.45, 7) is 4.87. The van der Waals surface area contributed by atoms with Gasteiger partial charge in [0.1, 0.15) is 5.52 Å². The highest BCUT2D eigenvalue weighted by atomic mass is 16.2. The molecule has 0 aliphatic carbocycles. The minimum Gasteiger partial charge on any atom is -0.364 e. The predicted molar refractivity (Wildman–Crippen MR) is 136 cm³/mol. The monoisotopic (exact) mass is 472 g/mol. The maximum Gasteiger partial charge on any atom is 0.246 e. The first-order chi connectivity index (χ1) is 17.0. The number of imidazole rings is 1. The molecule has 0 radical (unpaired) electrons. The summed E-state index contributed by atoms with van der Waals surface area (Å²) in [7, 11) is 1.73. The third-order valence-corrected chi connectivity index (χ3v) is 5.90. The summed E-state index contributed by atoms with van der Waals surface area (Å²) in [6.07, 6.45) is 10.7. The highest BCUT2D eigenvalue weighted by Gasteiger charge is 2.24. The average molecular weight is 473 g/mol. The fraction of sp³-hybridized carbons (Fsp3) is 0.320. The van der Waals surface area contributed by atoms with Crippen LogP contribution >= 0.6 is 0 Å². The Hall–Kier alpha value is -4.39. The average Bonchev–Trinajstić information content (AvgIpc) is 3.36. The number of fused-ring (bicyclic) bond motifs is 1. The fourth-order valence-electron chi connectivity index (χ4n) is 4.00. The van der Waals surface area contributed by atoms with Gasteiger partial charge in [0.15, 0.2) is 11.5 Å². The molecule has 10 heteroatoms. The first-order valence-electron chi connectivity index (χ1n) is 11.4. The van der Waals surface area contributed by atoms with Crippen molar-refractivity contribution in [2.75, 3.05) is 35.7 Å². The molecular weight excluding hydrogens is 444 g/mol. The van der Waals surface area contributed by atoms with E-state index in [1.807, 2.05) is 24.3 Å². The van der Waals surface area contributed by atoms with Crippen molar-refractivity contribution in [2.24, 2.45) is 0 Å². The van der Waals surface area contributed by atoms with Gasteiger partial charge in [-0.15, -0.1) is 12.3 Å². The van der Waals surface area contributed by atoms with E-state index < -0.39 is 0 Å². The summed E-state index contributed by atoms with van der Waals surface area (Å²) in [4.78, 5) is 44.2. The largest absolute Gasteiger partial charge is 0.364 e. The summed E-state index contributed by atoms with van der Waals surface area (Å²) < 4.78 is 0. The van der Waals surface area contributed by atoms with E-state index >= 15 is 0 Å². The third-order valence-electron chi connectivity index (χ3n) is 5.90. The highest BCUT2D eigenvalue weighted by molar-refractivity contribution is 5.93. The van der Waals surface area contributed by atoms with Crippen LogP contribution in [-0.4, -0.2) is 62.8 Å². The number of likely N-dealkylation sites (tertiary alicyclic amines) is 1. The zero-order valence-electron chi connectivity index (χ0n) is 19.6. The Balaban J connectivity index is 1.49. The predicted octanol–water partition coefficient (Wildman–Crippen LogP) is 3.06. The molecule has 1 aliphatic heterocycles. The van der Waals surface area contributed by atoms with Crippen molar-refractivity contribution in [2.45, 2.75) is 31.7 Å². The molecule has 1 aromatic carbocycles. The first kappa shape index (κ1) is 23.8. The normalized spacial score (nSPS) is 15.3. The van der Waals surface area contributed by atoms with Gasteiger partial charge in [-0.05, 0) is 43.2 Å². The number of benzene rings is 1. The van der Waals surface area contributed by atoms with Crippen LogP contribution in [0.4, 0.5) is 23.1 Å². The van der Waals surface area contributed by atoms with Gasteiger partial charge in [-0.3, -0.25) is 9.59 Å². The Bertz CT molecular complexity index is 1260. The minimum atomic E-state index is -0.0710. The number of terminal acetylenes is 1. The standard InChI is InChI=1S/C25H28N8O2/c1-4-6-9-21(35)32(3)19-12-10-17(11-13-19)29-25-30-23-22(26-16-27-23)24(31-25)28-18-8-7-14-33(15-18)20(34)5-2/h1,5,10-13,16,18H,2,6-9,14-15H2,3H3,(H3,26,27,28,29,30,31). The van der Waals surface area contributed by atoms with Crippen molar-refractivity contribution in [3.05, 3.63) is 43.2 Å². The second-order valence-corrected chi connectivity index (χ2v) is 8.30. The second-order valence-electron chi connectivity index (χ2n) is 8.30. The van der Waals surface area contributed by atoms with Crippen LogP contribution in [0, 0.1) is 12.3 Å². The van der Waals surface area contributed by atoms with Crippen LogP contribution in [0.15, 0.2) is 43.2 Å².